The Bertz CT molecular complexity index is 34.5. The van der Waals surface area contributed by atoms with Crippen molar-refractivity contribution < 1.29 is 27.2 Å². The van der Waals surface area contributed by atoms with Crippen LogP contribution in [0.3, 0.4) is 0 Å². The summed E-state index contributed by atoms with van der Waals surface area (Å²) in [5.74, 6) is -0.833. The summed E-state index contributed by atoms with van der Waals surface area (Å²) in [5.41, 5.74) is 0. The van der Waals surface area contributed by atoms with Gasteiger partial charge in [0.1, 0.15) is 0 Å². The Balaban J connectivity index is 0. The standard InChI is InChI=1S/C2H4O2.ClH.Zn/c1-2(3)4;;/h1H3,(H,3,4);1H;/q;;+1/p-1. The van der Waals surface area contributed by atoms with Gasteiger partial charge in [-0.25, -0.2) is 0 Å². The van der Waals surface area contributed by atoms with Crippen molar-refractivity contribution in [2.75, 3.05) is 0 Å². The second kappa shape index (κ2) is 9.04. The van der Waals surface area contributed by atoms with Gasteiger partial charge in [0.05, 0.1) is 0 Å². The number of halogens is 1. The Hall–Kier alpha value is 0.383. The molecular weight excluding hydrogens is 157 g/mol. The van der Waals surface area contributed by atoms with Gasteiger partial charge in [-0.2, -0.15) is 0 Å². The molecule has 0 radical (unpaired) electrons. The summed E-state index contributed by atoms with van der Waals surface area (Å²) in [6.07, 6.45) is 0. The van der Waals surface area contributed by atoms with Crippen LogP contribution >= 0.6 is 9.69 Å². The van der Waals surface area contributed by atoms with Gasteiger partial charge in [-0.15, -0.1) is 0 Å². The molecule has 4 heteroatoms. The van der Waals surface area contributed by atoms with Gasteiger partial charge >= 0.3 is 27.0 Å². The Morgan fingerprint density at radius 1 is 1.83 bits per heavy atom. The molecule has 0 aliphatic heterocycles. The summed E-state index contributed by atoms with van der Waals surface area (Å²) < 4.78 is 0. The number of rotatable bonds is 0. The summed E-state index contributed by atoms with van der Waals surface area (Å²) in [4.78, 5) is 9.00. The first-order valence-electron chi connectivity index (χ1n) is 1.19. The molecule has 6 heavy (non-hydrogen) atoms. The number of aliphatic carboxylic acids is 1. The molecule has 0 saturated carbocycles. The second-order valence-electron chi connectivity index (χ2n) is 0.519. The van der Waals surface area contributed by atoms with E-state index < -0.39 is 5.97 Å². The first kappa shape index (κ1) is 9.63. The van der Waals surface area contributed by atoms with Gasteiger partial charge in [-0.05, 0) is 0 Å². The minimum absolute atomic E-state index is 0.833. The summed E-state index contributed by atoms with van der Waals surface area (Å²) in [7, 11) is 4.76. The van der Waals surface area contributed by atoms with E-state index >= 15 is 0 Å². The Morgan fingerprint density at radius 2 is 1.83 bits per heavy atom. The number of carbonyl (C=O) groups is 1. The fourth-order valence-electron chi connectivity index (χ4n) is 0. The third kappa shape index (κ3) is 341. The SMILES string of the molecule is CC(=O)O.[Cl][Zn]. The van der Waals surface area contributed by atoms with E-state index in [9.17, 15) is 0 Å². The summed E-state index contributed by atoms with van der Waals surface area (Å²) >= 11 is 0.847. The van der Waals surface area contributed by atoms with Crippen LogP contribution in [0, 0.1) is 0 Å². The van der Waals surface area contributed by atoms with E-state index in [-0.39, 0.29) is 0 Å². The Labute approximate surface area is 50.2 Å². The fourth-order valence-corrected chi connectivity index (χ4v) is 0. The number of carboxylic acid groups (broad SMARTS) is 1. The van der Waals surface area contributed by atoms with Crippen molar-refractivity contribution in [1.82, 2.24) is 0 Å². The van der Waals surface area contributed by atoms with Crippen LogP contribution < -0.4 is 0 Å². The normalized spacial score (nSPS) is 5.33. The van der Waals surface area contributed by atoms with Gasteiger partial charge in [0.25, 0.3) is 5.97 Å². The first-order valence-corrected chi connectivity index (χ1v) is 5.09. The van der Waals surface area contributed by atoms with Crippen molar-refractivity contribution >= 4 is 15.7 Å². The molecule has 0 aromatic heterocycles. The molecule has 0 aromatic carbocycles. The minimum atomic E-state index is -0.833. The van der Waals surface area contributed by atoms with Gasteiger partial charge in [0.15, 0.2) is 0 Å². The molecule has 1 N–H and O–H groups in total. The van der Waals surface area contributed by atoms with E-state index in [0.717, 1.165) is 24.2 Å². The molecule has 0 bridgehead atoms. The van der Waals surface area contributed by atoms with Crippen LogP contribution in [-0.2, 0) is 22.1 Å². The van der Waals surface area contributed by atoms with E-state index in [0.29, 0.717) is 0 Å². The van der Waals surface area contributed by atoms with Crippen molar-refractivity contribution in [1.29, 1.82) is 0 Å². The van der Waals surface area contributed by atoms with Crippen LogP contribution in [-0.4, -0.2) is 11.1 Å². The topological polar surface area (TPSA) is 37.3 Å². The molecule has 0 aliphatic rings. The second-order valence-corrected chi connectivity index (χ2v) is 0.519. The van der Waals surface area contributed by atoms with Crippen molar-refractivity contribution in [3.63, 3.8) is 0 Å². The van der Waals surface area contributed by atoms with E-state index in [4.69, 9.17) is 19.6 Å². The summed E-state index contributed by atoms with van der Waals surface area (Å²) in [5, 5.41) is 7.42. The molecule has 0 amide bonds. The molecule has 0 spiro atoms. The van der Waals surface area contributed by atoms with Crippen LogP contribution in [0.1, 0.15) is 6.92 Å². The van der Waals surface area contributed by atoms with Crippen molar-refractivity contribution in [2.45, 2.75) is 6.92 Å². The first-order chi connectivity index (χ1) is 2.73. The molecule has 0 saturated heterocycles. The third-order valence-corrected chi connectivity index (χ3v) is 0. The van der Waals surface area contributed by atoms with Gasteiger partial charge < -0.3 is 5.11 Å². The van der Waals surface area contributed by atoms with Crippen LogP contribution in [0.15, 0.2) is 0 Å². The van der Waals surface area contributed by atoms with Crippen molar-refractivity contribution in [3.8, 4) is 0 Å². The fraction of sp³-hybridized carbons (Fsp3) is 0.500. The number of hydrogen-bond acceptors (Lipinski definition) is 1. The molecule has 0 fully saturated rings. The molecule has 2 nitrogen and oxygen atoms in total. The maximum absolute atomic E-state index is 9.00. The summed E-state index contributed by atoms with van der Waals surface area (Å²) in [6.45, 7) is 1.08. The molecule has 0 aromatic rings. The van der Waals surface area contributed by atoms with Crippen LogP contribution in [0.5, 0.6) is 0 Å². The van der Waals surface area contributed by atoms with E-state index in [1.54, 1.807) is 0 Å². The molecule has 0 atom stereocenters. The molecule has 0 aliphatic carbocycles. The average molecular weight is 161 g/mol. The number of hydrogen-bond donors (Lipinski definition) is 1. The van der Waals surface area contributed by atoms with Gasteiger partial charge in [-0.3, -0.25) is 4.79 Å². The van der Waals surface area contributed by atoms with Crippen LogP contribution in [0.2, 0.25) is 0 Å². The predicted molar refractivity (Wildman–Crippen MR) is 19.2 cm³/mol. The van der Waals surface area contributed by atoms with E-state index in [1.165, 1.54) is 0 Å². The van der Waals surface area contributed by atoms with Gasteiger partial charge in [-0.1, -0.05) is 0 Å². The Kier molecular flexibility index (Phi) is 14.5. The zero-order valence-electron chi connectivity index (χ0n) is 3.44. The van der Waals surface area contributed by atoms with E-state index in [2.05, 4.69) is 0 Å². The zero-order valence-corrected chi connectivity index (χ0v) is 7.16. The van der Waals surface area contributed by atoms with Crippen LogP contribution in [0.4, 0.5) is 0 Å². The van der Waals surface area contributed by atoms with Gasteiger partial charge in [0.2, 0.25) is 0 Å². The van der Waals surface area contributed by atoms with E-state index in [1.807, 2.05) is 0 Å². The molecule has 0 unspecified atom stereocenters. The quantitative estimate of drug-likeness (QED) is 0.532. The van der Waals surface area contributed by atoms with Crippen LogP contribution in [0.25, 0.3) is 0 Å². The molecule has 33 valence electrons. The summed E-state index contributed by atoms with van der Waals surface area (Å²) in [6, 6.07) is 0. The molecular formula is C2H4ClO2Zn. The maximum atomic E-state index is 9.00. The average Bonchev–Trinajstić information content (AvgIpc) is 1.41. The zero-order chi connectivity index (χ0) is 5.58. The monoisotopic (exact) mass is 159 g/mol. The predicted octanol–water partition coefficient (Wildman–Crippen LogP) is 0.778. The molecule has 0 rings (SSSR count). The van der Waals surface area contributed by atoms with Crippen molar-refractivity contribution in [3.05, 3.63) is 0 Å². The Morgan fingerprint density at radius 3 is 1.83 bits per heavy atom. The molecule has 0 heterocycles. The third-order valence-electron chi connectivity index (χ3n) is 0. The van der Waals surface area contributed by atoms with Crippen molar-refractivity contribution in [2.24, 2.45) is 0 Å². The van der Waals surface area contributed by atoms with Gasteiger partial charge in [0, 0.05) is 6.92 Å². The number of carboxylic acids is 1.